The summed E-state index contributed by atoms with van der Waals surface area (Å²) < 4.78 is 23.4. The van der Waals surface area contributed by atoms with Gasteiger partial charge in [0.1, 0.15) is 0 Å². The van der Waals surface area contributed by atoms with Crippen LogP contribution in [0.5, 0.6) is 0 Å². The molecule has 3 heteroatoms. The number of rotatable bonds is 4. The van der Waals surface area contributed by atoms with Crippen molar-refractivity contribution < 1.29 is 8.42 Å². The average molecular weight is 254 g/mol. The Morgan fingerprint density at radius 3 is 2.00 bits per heavy atom. The summed E-state index contributed by atoms with van der Waals surface area (Å²) in [5, 5.41) is 0. The molecule has 0 amide bonds. The van der Waals surface area contributed by atoms with Crippen molar-refractivity contribution in [1.29, 1.82) is 0 Å². The highest BCUT2D eigenvalue weighted by Gasteiger charge is 2.14. The van der Waals surface area contributed by atoms with Gasteiger partial charge in [0.2, 0.25) is 0 Å². The Labute approximate surface area is 105 Å². The van der Waals surface area contributed by atoms with E-state index in [-0.39, 0.29) is 16.9 Å². The second kappa shape index (κ2) is 5.21. The number of hydrogen-bond acceptors (Lipinski definition) is 2. The maximum atomic E-state index is 11.7. The van der Waals surface area contributed by atoms with E-state index in [1.165, 1.54) is 5.56 Å². The molecule has 0 saturated heterocycles. The molecule has 0 N–H and O–H groups in total. The lowest BCUT2D eigenvalue weighted by Gasteiger charge is -2.19. The maximum absolute atomic E-state index is 11.7. The van der Waals surface area contributed by atoms with Crippen LogP contribution in [0.1, 0.15) is 45.2 Å². The smallest absolute Gasteiger partial charge is 0.154 e. The first kappa shape index (κ1) is 14.2. The molecule has 0 saturated carbocycles. The quantitative estimate of drug-likeness (QED) is 0.826. The molecule has 0 radical (unpaired) electrons. The average Bonchev–Trinajstić information content (AvgIpc) is 2.16. The van der Waals surface area contributed by atoms with Crippen LogP contribution >= 0.6 is 0 Å². The molecule has 1 aromatic carbocycles. The maximum Gasteiger partial charge on any atom is 0.154 e. The molecular formula is C14H22O2S. The van der Waals surface area contributed by atoms with Gasteiger partial charge in [-0.3, -0.25) is 0 Å². The normalized spacial score (nSPS) is 12.7. The van der Waals surface area contributed by atoms with Crippen LogP contribution in [0.2, 0.25) is 0 Å². The van der Waals surface area contributed by atoms with Gasteiger partial charge in [-0.25, -0.2) is 8.42 Å². The van der Waals surface area contributed by atoms with Crippen molar-refractivity contribution in [3.8, 4) is 0 Å². The molecule has 0 unspecified atom stereocenters. The van der Waals surface area contributed by atoms with E-state index in [1.54, 1.807) is 0 Å². The van der Waals surface area contributed by atoms with Gasteiger partial charge in [-0.2, -0.15) is 0 Å². The van der Waals surface area contributed by atoms with E-state index in [0.29, 0.717) is 6.42 Å². The fourth-order valence-corrected chi connectivity index (χ4v) is 3.20. The zero-order valence-corrected chi connectivity index (χ0v) is 12.0. The van der Waals surface area contributed by atoms with Crippen LogP contribution in [0.25, 0.3) is 0 Å². The molecular weight excluding hydrogens is 232 g/mol. The fourth-order valence-electron chi connectivity index (χ4n) is 1.74. The first-order valence-electron chi connectivity index (χ1n) is 6.04. The van der Waals surface area contributed by atoms with Crippen LogP contribution in [-0.4, -0.2) is 14.2 Å². The largest absolute Gasteiger partial charge is 0.228 e. The number of sulfone groups is 1. The SMILES string of the molecule is CCCS(=O)(=O)Cc1ccc(C(C)(C)C)cc1. The number of benzene rings is 1. The highest BCUT2D eigenvalue weighted by atomic mass is 32.2. The molecule has 0 aliphatic rings. The predicted octanol–water partition coefficient (Wildman–Crippen LogP) is 3.31. The minimum atomic E-state index is -2.93. The third-order valence-electron chi connectivity index (χ3n) is 2.72. The standard InChI is InChI=1S/C14H22O2S/c1-5-10-17(15,16)11-12-6-8-13(9-7-12)14(2,3)4/h6-9H,5,10-11H2,1-4H3. The van der Waals surface area contributed by atoms with Crippen molar-refractivity contribution in [2.45, 2.75) is 45.3 Å². The van der Waals surface area contributed by atoms with E-state index in [0.717, 1.165) is 5.56 Å². The van der Waals surface area contributed by atoms with Gasteiger partial charge < -0.3 is 0 Å². The third kappa shape index (κ3) is 4.50. The predicted molar refractivity (Wildman–Crippen MR) is 72.9 cm³/mol. The summed E-state index contributed by atoms with van der Waals surface area (Å²) in [7, 11) is -2.93. The van der Waals surface area contributed by atoms with Crippen LogP contribution in [0, 0.1) is 0 Å². The van der Waals surface area contributed by atoms with Crippen LogP contribution < -0.4 is 0 Å². The van der Waals surface area contributed by atoms with Crippen molar-refractivity contribution in [3.05, 3.63) is 35.4 Å². The fraction of sp³-hybridized carbons (Fsp3) is 0.571. The molecule has 0 fully saturated rings. The van der Waals surface area contributed by atoms with Crippen molar-refractivity contribution in [1.82, 2.24) is 0 Å². The lowest BCUT2D eigenvalue weighted by atomic mass is 9.87. The van der Waals surface area contributed by atoms with E-state index < -0.39 is 9.84 Å². The summed E-state index contributed by atoms with van der Waals surface area (Å²) in [6, 6.07) is 7.90. The Hall–Kier alpha value is -0.830. The van der Waals surface area contributed by atoms with E-state index >= 15 is 0 Å². The molecule has 0 aliphatic carbocycles. The molecule has 2 nitrogen and oxygen atoms in total. The zero-order chi connectivity index (χ0) is 13.1. The van der Waals surface area contributed by atoms with E-state index in [2.05, 4.69) is 20.8 Å². The van der Waals surface area contributed by atoms with Gasteiger partial charge in [0.15, 0.2) is 9.84 Å². The second-order valence-corrected chi connectivity index (χ2v) is 7.72. The topological polar surface area (TPSA) is 34.1 Å². The third-order valence-corrected chi connectivity index (χ3v) is 4.53. The second-order valence-electron chi connectivity index (χ2n) is 5.54. The van der Waals surface area contributed by atoms with Gasteiger partial charge >= 0.3 is 0 Å². The molecule has 0 spiro atoms. The first-order valence-corrected chi connectivity index (χ1v) is 7.86. The Morgan fingerprint density at radius 2 is 1.59 bits per heavy atom. The summed E-state index contributed by atoms with van der Waals surface area (Å²) in [6.07, 6.45) is 0.683. The molecule has 96 valence electrons. The Kier molecular flexibility index (Phi) is 4.36. The number of hydrogen-bond donors (Lipinski definition) is 0. The van der Waals surface area contributed by atoms with Gasteiger partial charge in [-0.1, -0.05) is 52.0 Å². The van der Waals surface area contributed by atoms with Gasteiger partial charge in [0, 0.05) is 0 Å². The van der Waals surface area contributed by atoms with Gasteiger partial charge in [0.25, 0.3) is 0 Å². The zero-order valence-electron chi connectivity index (χ0n) is 11.2. The molecule has 0 bridgehead atoms. The van der Waals surface area contributed by atoms with Crippen molar-refractivity contribution in [2.75, 3.05) is 5.75 Å². The minimum Gasteiger partial charge on any atom is -0.228 e. The summed E-state index contributed by atoms with van der Waals surface area (Å²) in [5.74, 6) is 0.430. The van der Waals surface area contributed by atoms with E-state index in [4.69, 9.17) is 0 Å². The van der Waals surface area contributed by atoms with Crippen LogP contribution in [0.3, 0.4) is 0 Å². The lowest BCUT2D eigenvalue weighted by molar-refractivity contribution is 0.589. The van der Waals surface area contributed by atoms with Crippen molar-refractivity contribution in [2.24, 2.45) is 0 Å². The summed E-state index contributed by atoms with van der Waals surface area (Å²) in [4.78, 5) is 0. The summed E-state index contributed by atoms with van der Waals surface area (Å²) >= 11 is 0. The van der Waals surface area contributed by atoms with Crippen molar-refractivity contribution in [3.63, 3.8) is 0 Å². The van der Waals surface area contributed by atoms with E-state index in [1.807, 2.05) is 31.2 Å². The minimum absolute atomic E-state index is 0.112. The monoisotopic (exact) mass is 254 g/mol. The van der Waals surface area contributed by atoms with Crippen LogP contribution in [-0.2, 0) is 21.0 Å². The summed E-state index contributed by atoms with van der Waals surface area (Å²) in [5.41, 5.74) is 2.22. The molecule has 0 aromatic heterocycles. The highest BCUT2D eigenvalue weighted by Crippen LogP contribution is 2.22. The molecule has 0 atom stereocenters. The Bertz CT molecular complexity index is 450. The molecule has 0 aliphatic heterocycles. The molecule has 1 rings (SSSR count). The summed E-state index contributed by atoms with van der Waals surface area (Å²) in [6.45, 7) is 8.34. The van der Waals surface area contributed by atoms with Gasteiger partial charge in [-0.05, 0) is 23.0 Å². The van der Waals surface area contributed by atoms with Crippen LogP contribution in [0.4, 0.5) is 0 Å². The highest BCUT2D eigenvalue weighted by molar-refractivity contribution is 7.90. The molecule has 1 aromatic rings. The van der Waals surface area contributed by atoms with Gasteiger partial charge in [0.05, 0.1) is 11.5 Å². The molecule has 17 heavy (non-hydrogen) atoms. The van der Waals surface area contributed by atoms with E-state index in [9.17, 15) is 8.42 Å². The van der Waals surface area contributed by atoms with Gasteiger partial charge in [-0.15, -0.1) is 0 Å². The first-order chi connectivity index (χ1) is 7.74. The Balaban J connectivity index is 2.83. The van der Waals surface area contributed by atoms with Crippen molar-refractivity contribution >= 4 is 9.84 Å². The van der Waals surface area contributed by atoms with Crippen LogP contribution in [0.15, 0.2) is 24.3 Å². The Morgan fingerprint density at radius 1 is 1.06 bits per heavy atom. The molecule has 0 heterocycles. The lowest BCUT2D eigenvalue weighted by Crippen LogP contribution is -2.12.